The Bertz CT molecular complexity index is 358. The third kappa shape index (κ3) is 19.7. The van der Waals surface area contributed by atoms with Gasteiger partial charge in [-0.2, -0.15) is 0 Å². The summed E-state index contributed by atoms with van der Waals surface area (Å²) in [6, 6.07) is 0. The van der Waals surface area contributed by atoms with Crippen LogP contribution in [-0.2, 0) is 9.53 Å². The Morgan fingerprint density at radius 1 is 0.889 bits per heavy atom. The molecule has 0 saturated carbocycles. The summed E-state index contributed by atoms with van der Waals surface area (Å²) in [5.41, 5.74) is 0.359. The standard InChI is InChI=1S/C23H45NO3/c1-4-5-6-7-8-9-10-11-12-13-14-15-16-17-18-24-19-22(25)20-27-23(26)21(2)3/h22,24-25H,2,4-20H2,1,3H3. The van der Waals surface area contributed by atoms with Gasteiger partial charge in [-0.15, -0.1) is 0 Å². The fraction of sp³-hybridized carbons (Fsp3) is 0.870. The molecule has 1 unspecified atom stereocenters. The van der Waals surface area contributed by atoms with Crippen LogP contribution in [-0.4, -0.2) is 36.9 Å². The number of unbranched alkanes of at least 4 members (excludes halogenated alkanes) is 13. The minimum Gasteiger partial charge on any atom is -0.460 e. The lowest BCUT2D eigenvalue weighted by atomic mass is 10.0. The van der Waals surface area contributed by atoms with Crippen molar-refractivity contribution in [2.45, 2.75) is 110 Å². The van der Waals surface area contributed by atoms with Crippen LogP contribution in [0.15, 0.2) is 12.2 Å². The Hall–Kier alpha value is -0.870. The molecule has 160 valence electrons. The van der Waals surface area contributed by atoms with E-state index < -0.39 is 12.1 Å². The second kappa shape index (κ2) is 19.9. The lowest BCUT2D eigenvalue weighted by molar-refractivity contribution is -0.141. The first kappa shape index (κ1) is 26.1. The van der Waals surface area contributed by atoms with Crippen molar-refractivity contribution in [3.05, 3.63) is 12.2 Å². The van der Waals surface area contributed by atoms with Crippen molar-refractivity contribution in [3.8, 4) is 0 Å². The molecule has 0 aliphatic carbocycles. The molecule has 0 spiro atoms. The zero-order valence-corrected chi connectivity index (χ0v) is 18.1. The number of aliphatic hydroxyl groups is 1. The van der Waals surface area contributed by atoms with E-state index in [1.54, 1.807) is 6.92 Å². The lowest BCUT2D eigenvalue weighted by Crippen LogP contribution is -2.31. The molecule has 4 heteroatoms. The van der Waals surface area contributed by atoms with Gasteiger partial charge in [0.1, 0.15) is 12.7 Å². The fourth-order valence-electron chi connectivity index (χ4n) is 3.07. The van der Waals surface area contributed by atoms with Crippen LogP contribution in [0.25, 0.3) is 0 Å². The van der Waals surface area contributed by atoms with Gasteiger partial charge in [0, 0.05) is 12.1 Å². The number of hydrogen-bond donors (Lipinski definition) is 2. The third-order valence-electron chi connectivity index (χ3n) is 4.84. The average Bonchev–Trinajstić information content (AvgIpc) is 2.65. The first-order valence-corrected chi connectivity index (χ1v) is 11.3. The molecule has 0 aromatic heterocycles. The van der Waals surface area contributed by atoms with Gasteiger partial charge in [-0.3, -0.25) is 0 Å². The van der Waals surface area contributed by atoms with Gasteiger partial charge in [0.25, 0.3) is 0 Å². The van der Waals surface area contributed by atoms with E-state index in [-0.39, 0.29) is 6.61 Å². The highest BCUT2D eigenvalue weighted by Gasteiger charge is 2.08. The van der Waals surface area contributed by atoms with E-state index >= 15 is 0 Å². The van der Waals surface area contributed by atoms with E-state index in [2.05, 4.69) is 18.8 Å². The molecular formula is C23H45NO3. The van der Waals surface area contributed by atoms with Gasteiger partial charge in [-0.1, -0.05) is 97.0 Å². The van der Waals surface area contributed by atoms with Gasteiger partial charge in [-0.25, -0.2) is 4.79 Å². The molecule has 0 radical (unpaired) electrons. The quantitative estimate of drug-likeness (QED) is 0.165. The van der Waals surface area contributed by atoms with Crippen LogP contribution in [0.4, 0.5) is 0 Å². The van der Waals surface area contributed by atoms with Crippen LogP contribution in [0.5, 0.6) is 0 Å². The second-order valence-corrected chi connectivity index (χ2v) is 7.83. The van der Waals surface area contributed by atoms with Crippen LogP contribution in [0, 0.1) is 0 Å². The maximum Gasteiger partial charge on any atom is 0.333 e. The van der Waals surface area contributed by atoms with Crippen molar-refractivity contribution < 1.29 is 14.6 Å². The SMILES string of the molecule is C=C(C)C(=O)OCC(O)CNCCCCCCCCCCCCCCCC. The average molecular weight is 384 g/mol. The molecule has 0 rings (SSSR count). The minimum absolute atomic E-state index is 0.0252. The largest absolute Gasteiger partial charge is 0.460 e. The maximum atomic E-state index is 11.2. The Morgan fingerprint density at radius 3 is 1.78 bits per heavy atom. The van der Waals surface area contributed by atoms with E-state index in [1.807, 2.05) is 0 Å². The summed E-state index contributed by atoms with van der Waals surface area (Å²) in [6.45, 7) is 8.77. The van der Waals surface area contributed by atoms with Gasteiger partial charge in [-0.05, 0) is 19.9 Å². The van der Waals surface area contributed by atoms with Gasteiger partial charge in [0.15, 0.2) is 0 Å². The summed E-state index contributed by atoms with van der Waals surface area (Å²) >= 11 is 0. The summed E-state index contributed by atoms with van der Waals surface area (Å²) in [4.78, 5) is 11.2. The molecule has 27 heavy (non-hydrogen) atoms. The summed E-state index contributed by atoms with van der Waals surface area (Å²) in [5, 5.41) is 12.9. The van der Waals surface area contributed by atoms with Crippen molar-refractivity contribution in [3.63, 3.8) is 0 Å². The topological polar surface area (TPSA) is 58.6 Å². The molecule has 4 nitrogen and oxygen atoms in total. The van der Waals surface area contributed by atoms with Crippen LogP contribution in [0.2, 0.25) is 0 Å². The van der Waals surface area contributed by atoms with E-state index in [1.165, 1.54) is 83.5 Å². The first-order chi connectivity index (χ1) is 13.1. The van der Waals surface area contributed by atoms with Gasteiger partial charge in [0.2, 0.25) is 0 Å². The van der Waals surface area contributed by atoms with Crippen LogP contribution in [0.3, 0.4) is 0 Å². The molecule has 0 aromatic rings. The van der Waals surface area contributed by atoms with Crippen molar-refractivity contribution in [1.29, 1.82) is 0 Å². The molecule has 0 fully saturated rings. The number of ether oxygens (including phenoxy) is 1. The molecule has 0 bridgehead atoms. The van der Waals surface area contributed by atoms with E-state index in [0.29, 0.717) is 12.1 Å². The highest BCUT2D eigenvalue weighted by Crippen LogP contribution is 2.12. The summed E-state index contributed by atoms with van der Waals surface area (Å²) in [5.74, 6) is -0.443. The molecule has 0 heterocycles. The predicted molar refractivity (Wildman–Crippen MR) is 115 cm³/mol. The highest BCUT2D eigenvalue weighted by atomic mass is 16.5. The molecular weight excluding hydrogens is 338 g/mol. The fourth-order valence-corrected chi connectivity index (χ4v) is 3.07. The van der Waals surface area contributed by atoms with Crippen LogP contribution >= 0.6 is 0 Å². The third-order valence-corrected chi connectivity index (χ3v) is 4.84. The highest BCUT2D eigenvalue weighted by molar-refractivity contribution is 5.86. The number of nitrogens with one attached hydrogen (secondary N) is 1. The summed E-state index contributed by atoms with van der Waals surface area (Å²) in [7, 11) is 0. The van der Waals surface area contributed by atoms with Crippen molar-refractivity contribution in [2.24, 2.45) is 0 Å². The van der Waals surface area contributed by atoms with E-state index in [0.717, 1.165) is 13.0 Å². The number of rotatable bonds is 20. The number of hydrogen-bond acceptors (Lipinski definition) is 4. The number of carbonyl (C=O) groups excluding carboxylic acids is 1. The number of aliphatic hydroxyl groups excluding tert-OH is 1. The van der Waals surface area contributed by atoms with Crippen LogP contribution < -0.4 is 5.32 Å². The monoisotopic (exact) mass is 383 g/mol. The molecule has 0 aliphatic heterocycles. The molecule has 1 atom stereocenters. The maximum absolute atomic E-state index is 11.2. The molecule has 0 aliphatic rings. The van der Waals surface area contributed by atoms with Gasteiger partial charge >= 0.3 is 5.97 Å². The zero-order valence-electron chi connectivity index (χ0n) is 18.1. The summed E-state index contributed by atoms with van der Waals surface area (Å²) < 4.78 is 4.92. The Morgan fingerprint density at radius 2 is 1.33 bits per heavy atom. The predicted octanol–water partition coefficient (Wildman–Crippen LogP) is 5.54. The van der Waals surface area contributed by atoms with E-state index in [4.69, 9.17) is 4.74 Å². The van der Waals surface area contributed by atoms with Crippen LogP contribution in [0.1, 0.15) is 104 Å². The Balaban J connectivity index is 3.18. The zero-order chi connectivity index (χ0) is 20.2. The summed E-state index contributed by atoms with van der Waals surface area (Å²) in [6.07, 6.45) is 18.4. The molecule has 0 amide bonds. The molecule has 2 N–H and O–H groups in total. The molecule has 0 saturated heterocycles. The smallest absolute Gasteiger partial charge is 0.333 e. The first-order valence-electron chi connectivity index (χ1n) is 11.3. The Labute approximate surface area is 168 Å². The Kier molecular flexibility index (Phi) is 19.2. The number of carbonyl (C=O) groups is 1. The van der Waals surface area contributed by atoms with Gasteiger partial charge < -0.3 is 15.2 Å². The minimum atomic E-state index is -0.653. The molecule has 0 aromatic carbocycles. The lowest BCUT2D eigenvalue weighted by Gasteiger charge is -2.12. The second-order valence-electron chi connectivity index (χ2n) is 7.83. The normalized spacial score (nSPS) is 12.1. The van der Waals surface area contributed by atoms with Crippen molar-refractivity contribution in [2.75, 3.05) is 19.7 Å². The van der Waals surface area contributed by atoms with Gasteiger partial charge in [0.05, 0.1) is 0 Å². The van der Waals surface area contributed by atoms with Crippen molar-refractivity contribution >= 4 is 5.97 Å². The number of esters is 1. The van der Waals surface area contributed by atoms with Crippen molar-refractivity contribution in [1.82, 2.24) is 5.32 Å². The van der Waals surface area contributed by atoms with E-state index in [9.17, 15) is 9.90 Å².